The molecule has 0 aliphatic carbocycles. The SMILES string of the molecule is CCc1nnc(NC(C)c2ccc(I)cc2)s1. The van der Waals surface area contributed by atoms with E-state index in [1.165, 1.54) is 9.13 Å². The van der Waals surface area contributed by atoms with Crippen molar-refractivity contribution in [1.29, 1.82) is 0 Å². The summed E-state index contributed by atoms with van der Waals surface area (Å²) in [5.41, 5.74) is 1.26. The molecule has 1 N–H and O–H groups in total. The molecule has 1 unspecified atom stereocenters. The number of aryl methyl sites for hydroxylation is 1. The van der Waals surface area contributed by atoms with Crippen LogP contribution >= 0.6 is 33.9 Å². The first-order valence-electron chi connectivity index (χ1n) is 5.53. The van der Waals surface area contributed by atoms with Gasteiger partial charge in [-0.25, -0.2) is 0 Å². The second-order valence-corrected chi connectivity index (χ2v) is 6.08. The fourth-order valence-corrected chi connectivity index (χ4v) is 2.60. The fraction of sp³-hybridized carbons (Fsp3) is 0.333. The Morgan fingerprint density at radius 3 is 2.59 bits per heavy atom. The average Bonchev–Trinajstić information content (AvgIpc) is 2.77. The summed E-state index contributed by atoms with van der Waals surface area (Å²) in [6.45, 7) is 4.22. The molecule has 1 atom stereocenters. The Hall–Kier alpha value is -0.690. The number of nitrogens with one attached hydrogen (secondary N) is 1. The Balaban J connectivity index is 2.05. The molecule has 0 aliphatic rings. The van der Waals surface area contributed by atoms with Gasteiger partial charge in [0, 0.05) is 3.57 Å². The number of hydrogen-bond donors (Lipinski definition) is 1. The zero-order chi connectivity index (χ0) is 12.3. The van der Waals surface area contributed by atoms with Crippen molar-refractivity contribution >= 4 is 39.1 Å². The van der Waals surface area contributed by atoms with Crippen LogP contribution in [0.4, 0.5) is 5.13 Å². The maximum Gasteiger partial charge on any atom is 0.206 e. The van der Waals surface area contributed by atoms with Crippen LogP contribution in [0.15, 0.2) is 24.3 Å². The Labute approximate surface area is 119 Å². The number of hydrogen-bond acceptors (Lipinski definition) is 4. The first-order chi connectivity index (χ1) is 8.19. The summed E-state index contributed by atoms with van der Waals surface area (Å²) in [4.78, 5) is 0. The molecule has 0 aliphatic heterocycles. The van der Waals surface area contributed by atoms with Crippen molar-refractivity contribution in [3.8, 4) is 0 Å². The van der Waals surface area contributed by atoms with Crippen molar-refractivity contribution in [2.75, 3.05) is 5.32 Å². The molecule has 1 aromatic heterocycles. The minimum atomic E-state index is 0.254. The molecule has 17 heavy (non-hydrogen) atoms. The van der Waals surface area contributed by atoms with Gasteiger partial charge in [-0.05, 0) is 53.6 Å². The van der Waals surface area contributed by atoms with Crippen molar-refractivity contribution in [3.63, 3.8) is 0 Å². The average molecular weight is 359 g/mol. The number of halogens is 1. The van der Waals surface area contributed by atoms with Crippen molar-refractivity contribution in [2.24, 2.45) is 0 Å². The molecule has 0 saturated carbocycles. The van der Waals surface area contributed by atoms with Crippen molar-refractivity contribution < 1.29 is 0 Å². The van der Waals surface area contributed by atoms with E-state index in [1.54, 1.807) is 11.3 Å². The number of rotatable bonds is 4. The van der Waals surface area contributed by atoms with Gasteiger partial charge < -0.3 is 5.32 Å². The second-order valence-electron chi connectivity index (χ2n) is 3.77. The van der Waals surface area contributed by atoms with Gasteiger partial charge in [-0.1, -0.05) is 30.4 Å². The third-order valence-corrected chi connectivity index (χ3v) is 4.20. The summed E-state index contributed by atoms with van der Waals surface area (Å²) in [7, 11) is 0. The molecule has 3 nitrogen and oxygen atoms in total. The predicted octanol–water partition coefficient (Wildman–Crippen LogP) is 3.88. The molecule has 0 fully saturated rings. The van der Waals surface area contributed by atoms with Crippen LogP contribution in [0, 0.1) is 3.57 Å². The van der Waals surface area contributed by atoms with Crippen LogP contribution in [-0.4, -0.2) is 10.2 Å². The first kappa shape index (κ1) is 12.8. The molecule has 0 bridgehead atoms. The standard InChI is InChI=1S/C12H14IN3S/c1-3-11-15-16-12(17-11)14-8(2)9-4-6-10(13)7-5-9/h4-8H,3H2,1-2H3,(H,14,16). The molecule has 2 rings (SSSR count). The minimum Gasteiger partial charge on any atom is -0.354 e. The summed E-state index contributed by atoms with van der Waals surface area (Å²) in [5.74, 6) is 0. The highest BCUT2D eigenvalue weighted by atomic mass is 127. The minimum absolute atomic E-state index is 0.254. The van der Waals surface area contributed by atoms with Crippen LogP contribution in [0.25, 0.3) is 0 Å². The fourth-order valence-electron chi connectivity index (χ4n) is 1.47. The predicted molar refractivity (Wildman–Crippen MR) is 80.5 cm³/mol. The molecule has 0 amide bonds. The maximum absolute atomic E-state index is 4.13. The van der Waals surface area contributed by atoms with Crippen LogP contribution in [0.3, 0.4) is 0 Å². The van der Waals surface area contributed by atoms with Gasteiger partial charge >= 0.3 is 0 Å². The molecule has 0 saturated heterocycles. The lowest BCUT2D eigenvalue weighted by molar-refractivity contribution is 0.870. The molecule has 0 spiro atoms. The van der Waals surface area contributed by atoms with Gasteiger partial charge in [0.15, 0.2) is 0 Å². The van der Waals surface area contributed by atoms with E-state index >= 15 is 0 Å². The normalized spacial score (nSPS) is 12.4. The molecular formula is C12H14IN3S. The highest BCUT2D eigenvalue weighted by Gasteiger charge is 2.08. The Kier molecular flexibility index (Phi) is 4.33. The monoisotopic (exact) mass is 359 g/mol. The Bertz CT molecular complexity index is 481. The highest BCUT2D eigenvalue weighted by Crippen LogP contribution is 2.22. The molecule has 1 aromatic carbocycles. The van der Waals surface area contributed by atoms with Crippen molar-refractivity contribution in [3.05, 3.63) is 38.4 Å². The molecule has 0 radical (unpaired) electrons. The largest absolute Gasteiger partial charge is 0.354 e. The van der Waals surface area contributed by atoms with E-state index in [1.807, 2.05) is 0 Å². The van der Waals surface area contributed by atoms with Gasteiger partial charge in [0.25, 0.3) is 0 Å². The summed E-state index contributed by atoms with van der Waals surface area (Å²) in [6, 6.07) is 8.77. The summed E-state index contributed by atoms with van der Waals surface area (Å²) in [5, 5.41) is 13.6. The van der Waals surface area contributed by atoms with Gasteiger partial charge in [-0.2, -0.15) is 0 Å². The third-order valence-electron chi connectivity index (χ3n) is 2.48. The zero-order valence-corrected chi connectivity index (χ0v) is 12.7. The van der Waals surface area contributed by atoms with E-state index in [9.17, 15) is 0 Å². The summed E-state index contributed by atoms with van der Waals surface area (Å²) >= 11 is 3.94. The van der Waals surface area contributed by atoms with Gasteiger partial charge in [0.2, 0.25) is 5.13 Å². The topological polar surface area (TPSA) is 37.8 Å². The lowest BCUT2D eigenvalue weighted by Crippen LogP contribution is -2.06. The lowest BCUT2D eigenvalue weighted by atomic mass is 10.1. The maximum atomic E-state index is 4.13. The van der Waals surface area contributed by atoms with Crippen LogP contribution in [0.5, 0.6) is 0 Å². The van der Waals surface area contributed by atoms with E-state index in [2.05, 4.69) is 76.2 Å². The van der Waals surface area contributed by atoms with E-state index in [0.717, 1.165) is 16.6 Å². The quantitative estimate of drug-likeness (QED) is 0.842. The molecule has 1 heterocycles. The van der Waals surface area contributed by atoms with E-state index in [-0.39, 0.29) is 6.04 Å². The molecule has 5 heteroatoms. The van der Waals surface area contributed by atoms with Crippen molar-refractivity contribution in [1.82, 2.24) is 10.2 Å². The number of aromatic nitrogens is 2. The Morgan fingerprint density at radius 2 is 2.00 bits per heavy atom. The molecule has 2 aromatic rings. The van der Waals surface area contributed by atoms with Gasteiger partial charge in [0.05, 0.1) is 6.04 Å². The third kappa shape index (κ3) is 3.38. The van der Waals surface area contributed by atoms with Crippen LogP contribution in [-0.2, 0) is 6.42 Å². The number of benzene rings is 1. The van der Waals surface area contributed by atoms with Crippen molar-refractivity contribution in [2.45, 2.75) is 26.3 Å². The lowest BCUT2D eigenvalue weighted by Gasteiger charge is -2.12. The van der Waals surface area contributed by atoms with E-state index in [0.29, 0.717) is 0 Å². The van der Waals surface area contributed by atoms with Gasteiger partial charge in [-0.15, -0.1) is 10.2 Å². The zero-order valence-electron chi connectivity index (χ0n) is 9.77. The van der Waals surface area contributed by atoms with Crippen LogP contribution in [0.1, 0.15) is 30.5 Å². The van der Waals surface area contributed by atoms with Crippen LogP contribution < -0.4 is 5.32 Å². The first-order valence-corrected chi connectivity index (χ1v) is 7.43. The highest BCUT2D eigenvalue weighted by molar-refractivity contribution is 14.1. The molecular weight excluding hydrogens is 345 g/mol. The van der Waals surface area contributed by atoms with Crippen LogP contribution in [0.2, 0.25) is 0 Å². The second kappa shape index (κ2) is 5.77. The number of nitrogens with zero attached hydrogens (tertiary/aromatic N) is 2. The van der Waals surface area contributed by atoms with Gasteiger partial charge in [-0.3, -0.25) is 0 Å². The van der Waals surface area contributed by atoms with E-state index < -0.39 is 0 Å². The van der Waals surface area contributed by atoms with Gasteiger partial charge in [0.1, 0.15) is 5.01 Å². The molecule has 90 valence electrons. The number of anilines is 1. The smallest absolute Gasteiger partial charge is 0.206 e. The van der Waals surface area contributed by atoms with E-state index in [4.69, 9.17) is 0 Å². The summed E-state index contributed by atoms with van der Waals surface area (Å²) in [6.07, 6.45) is 0.942. The Morgan fingerprint density at radius 1 is 1.29 bits per heavy atom. The summed E-state index contributed by atoms with van der Waals surface area (Å²) < 4.78 is 1.25.